The monoisotopic (exact) mass is 300 g/mol. The van der Waals surface area contributed by atoms with Gasteiger partial charge in [-0.15, -0.1) is 0 Å². The van der Waals surface area contributed by atoms with Gasteiger partial charge in [0.15, 0.2) is 0 Å². The average molecular weight is 300 g/mol. The summed E-state index contributed by atoms with van der Waals surface area (Å²) in [4.78, 5) is 0. The van der Waals surface area contributed by atoms with E-state index in [1.807, 2.05) is 6.07 Å². The summed E-state index contributed by atoms with van der Waals surface area (Å²) in [7, 11) is -3.55. The minimum absolute atomic E-state index is 0.0253. The quantitative estimate of drug-likeness (QED) is 0.356. The van der Waals surface area contributed by atoms with Crippen LogP contribution in [0.4, 0.5) is 0 Å². The molecule has 0 saturated carbocycles. The summed E-state index contributed by atoms with van der Waals surface area (Å²) in [5.74, 6) is -0.124. The average Bonchev–Trinajstić information content (AvgIpc) is 2.42. The van der Waals surface area contributed by atoms with E-state index in [4.69, 9.17) is 13.7 Å². The van der Waals surface area contributed by atoms with E-state index < -0.39 is 10.1 Å². The van der Waals surface area contributed by atoms with Crippen LogP contribution in [0.15, 0.2) is 43.2 Å². The minimum Gasteiger partial charge on any atom is -0.502 e. The fraction of sp³-hybridized carbons (Fsp3) is 0.429. The van der Waals surface area contributed by atoms with Gasteiger partial charge in [-0.3, -0.25) is 4.18 Å². The van der Waals surface area contributed by atoms with Gasteiger partial charge in [-0.1, -0.05) is 36.9 Å². The highest BCUT2D eigenvalue weighted by atomic mass is 32.2. The van der Waals surface area contributed by atoms with Crippen LogP contribution in [0.25, 0.3) is 0 Å². The van der Waals surface area contributed by atoms with Crippen molar-refractivity contribution in [3.05, 3.63) is 48.7 Å². The molecule has 0 aliphatic carbocycles. The number of hydrogen-bond donors (Lipinski definition) is 0. The summed E-state index contributed by atoms with van der Waals surface area (Å²) in [5.41, 5.74) is 0.704. The second-order valence-electron chi connectivity index (χ2n) is 4.01. The smallest absolute Gasteiger partial charge is 0.271 e. The van der Waals surface area contributed by atoms with E-state index in [1.165, 1.54) is 6.26 Å². The van der Waals surface area contributed by atoms with Crippen LogP contribution < -0.4 is 0 Å². The Bertz CT molecular complexity index is 470. The van der Waals surface area contributed by atoms with Crippen LogP contribution in [-0.4, -0.2) is 34.8 Å². The predicted octanol–water partition coefficient (Wildman–Crippen LogP) is 2.10. The van der Waals surface area contributed by atoms with Crippen molar-refractivity contribution < 1.29 is 22.1 Å². The molecular formula is C14H20O5S. The lowest BCUT2D eigenvalue weighted by Gasteiger charge is -2.07. The van der Waals surface area contributed by atoms with E-state index in [1.54, 1.807) is 24.3 Å². The van der Waals surface area contributed by atoms with E-state index in [0.717, 1.165) is 6.42 Å². The third-order valence-corrected chi connectivity index (χ3v) is 3.56. The summed E-state index contributed by atoms with van der Waals surface area (Å²) in [5, 5.41) is 0. The molecule has 0 atom stereocenters. The van der Waals surface area contributed by atoms with Crippen LogP contribution in [0.2, 0.25) is 0 Å². The molecule has 0 bridgehead atoms. The second-order valence-corrected chi connectivity index (χ2v) is 5.65. The van der Waals surface area contributed by atoms with Crippen molar-refractivity contribution >= 4 is 10.1 Å². The Morgan fingerprint density at radius 3 is 2.50 bits per heavy atom. The molecule has 0 heterocycles. The van der Waals surface area contributed by atoms with Crippen molar-refractivity contribution in [3.63, 3.8) is 0 Å². The zero-order valence-electron chi connectivity index (χ0n) is 11.4. The molecule has 0 unspecified atom stereocenters. The predicted molar refractivity (Wildman–Crippen MR) is 76.6 cm³/mol. The first kappa shape index (κ1) is 16.7. The molecule has 1 aromatic rings. The fourth-order valence-corrected chi connectivity index (χ4v) is 2.48. The molecule has 1 rings (SSSR count). The van der Waals surface area contributed by atoms with Crippen molar-refractivity contribution in [2.24, 2.45) is 0 Å². The maximum Gasteiger partial charge on any atom is 0.271 e. The SMILES string of the molecule is C=COCCCOCCOS(=O)(=O)Cc1ccccc1. The van der Waals surface area contributed by atoms with Gasteiger partial charge in [-0.05, 0) is 5.56 Å². The maximum atomic E-state index is 11.7. The molecule has 0 spiro atoms. The van der Waals surface area contributed by atoms with Crippen molar-refractivity contribution in [1.82, 2.24) is 0 Å². The summed E-state index contributed by atoms with van der Waals surface area (Å²) in [6.07, 6.45) is 2.10. The van der Waals surface area contributed by atoms with Gasteiger partial charge in [0.2, 0.25) is 0 Å². The summed E-state index contributed by atoms with van der Waals surface area (Å²) in [6, 6.07) is 8.91. The second kappa shape index (κ2) is 9.52. The van der Waals surface area contributed by atoms with Gasteiger partial charge in [0, 0.05) is 13.0 Å². The van der Waals surface area contributed by atoms with Crippen molar-refractivity contribution in [2.45, 2.75) is 12.2 Å². The number of benzene rings is 1. The van der Waals surface area contributed by atoms with Gasteiger partial charge < -0.3 is 9.47 Å². The molecule has 112 valence electrons. The van der Waals surface area contributed by atoms with Gasteiger partial charge in [0.1, 0.15) is 5.75 Å². The van der Waals surface area contributed by atoms with Crippen LogP contribution in [0.3, 0.4) is 0 Å². The molecule has 0 amide bonds. The number of rotatable bonds is 11. The first-order valence-corrected chi connectivity index (χ1v) is 7.93. The molecule has 0 aliphatic rings. The highest BCUT2D eigenvalue weighted by Gasteiger charge is 2.11. The molecule has 6 heteroatoms. The third-order valence-electron chi connectivity index (χ3n) is 2.35. The highest BCUT2D eigenvalue weighted by molar-refractivity contribution is 7.85. The molecule has 0 aromatic heterocycles. The fourth-order valence-electron chi connectivity index (χ4n) is 1.47. The lowest BCUT2D eigenvalue weighted by atomic mass is 10.2. The number of ether oxygens (including phenoxy) is 2. The van der Waals surface area contributed by atoms with Gasteiger partial charge in [-0.25, -0.2) is 0 Å². The molecular weight excluding hydrogens is 280 g/mol. The summed E-state index contributed by atoms with van der Waals surface area (Å²) >= 11 is 0. The Hall–Kier alpha value is -1.37. The maximum absolute atomic E-state index is 11.7. The molecule has 1 aromatic carbocycles. The molecule has 0 saturated heterocycles. The van der Waals surface area contributed by atoms with Crippen LogP contribution in [-0.2, 0) is 29.5 Å². The number of hydrogen-bond acceptors (Lipinski definition) is 5. The van der Waals surface area contributed by atoms with Crippen LogP contribution >= 0.6 is 0 Å². The van der Waals surface area contributed by atoms with Crippen LogP contribution in [0, 0.1) is 0 Å². The Kier molecular flexibility index (Phi) is 7.94. The Labute approximate surface area is 120 Å². The van der Waals surface area contributed by atoms with Crippen molar-refractivity contribution in [1.29, 1.82) is 0 Å². The highest BCUT2D eigenvalue weighted by Crippen LogP contribution is 2.06. The topological polar surface area (TPSA) is 61.8 Å². The minimum atomic E-state index is -3.55. The Balaban J connectivity index is 2.13. The molecule has 0 fully saturated rings. The Morgan fingerprint density at radius 1 is 1.05 bits per heavy atom. The van der Waals surface area contributed by atoms with Gasteiger partial charge in [0.05, 0.1) is 26.1 Å². The van der Waals surface area contributed by atoms with Gasteiger partial charge >= 0.3 is 0 Å². The first-order valence-electron chi connectivity index (χ1n) is 6.35. The summed E-state index contributed by atoms with van der Waals surface area (Å²) < 4.78 is 38.3. The largest absolute Gasteiger partial charge is 0.502 e. The molecule has 0 aliphatic heterocycles. The standard InChI is InChI=1S/C14H20O5S/c1-2-17-9-6-10-18-11-12-19-20(15,16)13-14-7-4-3-5-8-14/h2-5,7-8H,1,6,9-13H2. The van der Waals surface area contributed by atoms with Crippen molar-refractivity contribution in [3.8, 4) is 0 Å². The zero-order valence-corrected chi connectivity index (χ0v) is 12.2. The Morgan fingerprint density at radius 2 is 1.80 bits per heavy atom. The van der Waals surface area contributed by atoms with E-state index >= 15 is 0 Å². The van der Waals surface area contributed by atoms with E-state index in [9.17, 15) is 8.42 Å². The van der Waals surface area contributed by atoms with E-state index in [0.29, 0.717) is 18.8 Å². The van der Waals surface area contributed by atoms with Crippen molar-refractivity contribution in [2.75, 3.05) is 26.4 Å². The van der Waals surface area contributed by atoms with Gasteiger partial charge in [-0.2, -0.15) is 8.42 Å². The normalized spacial score (nSPS) is 11.2. The zero-order chi connectivity index (χ0) is 14.7. The lowest BCUT2D eigenvalue weighted by Crippen LogP contribution is -2.13. The first-order chi connectivity index (χ1) is 9.64. The van der Waals surface area contributed by atoms with E-state index in [2.05, 4.69) is 6.58 Å². The lowest BCUT2D eigenvalue weighted by molar-refractivity contribution is 0.0875. The third kappa shape index (κ3) is 7.93. The molecule has 0 N–H and O–H groups in total. The molecule has 20 heavy (non-hydrogen) atoms. The molecule has 0 radical (unpaired) electrons. The summed E-state index contributed by atoms with van der Waals surface area (Å²) in [6.45, 7) is 4.72. The van der Waals surface area contributed by atoms with Crippen LogP contribution in [0.5, 0.6) is 0 Å². The van der Waals surface area contributed by atoms with E-state index in [-0.39, 0.29) is 19.0 Å². The van der Waals surface area contributed by atoms with Gasteiger partial charge in [0.25, 0.3) is 10.1 Å². The molecule has 5 nitrogen and oxygen atoms in total. The van der Waals surface area contributed by atoms with Crippen LogP contribution in [0.1, 0.15) is 12.0 Å².